The van der Waals surface area contributed by atoms with Gasteiger partial charge in [-0.05, 0) is 116 Å². The van der Waals surface area contributed by atoms with Crippen molar-refractivity contribution < 1.29 is 28.6 Å². The number of carbonyl (C=O) groups is 3. The molecule has 0 aromatic carbocycles. The Morgan fingerprint density at radius 2 is 0.481 bits per heavy atom. The van der Waals surface area contributed by atoms with E-state index in [2.05, 4.69) is 106 Å². The van der Waals surface area contributed by atoms with Gasteiger partial charge in [0.05, 0.1) is 0 Å². The van der Waals surface area contributed by atoms with Gasteiger partial charge in [-0.3, -0.25) is 14.4 Å². The molecule has 0 aliphatic heterocycles. The minimum Gasteiger partial charge on any atom is -0.462 e. The van der Waals surface area contributed by atoms with E-state index in [4.69, 9.17) is 14.2 Å². The number of allylic oxidation sites excluding steroid dienone is 14. The Morgan fingerprint density at radius 1 is 0.259 bits per heavy atom. The van der Waals surface area contributed by atoms with Gasteiger partial charge in [0.15, 0.2) is 6.10 Å². The molecule has 81 heavy (non-hydrogen) atoms. The summed E-state index contributed by atoms with van der Waals surface area (Å²) in [5.41, 5.74) is 0. The number of unbranched alkanes of at least 4 members (excludes halogenated alkanes) is 39. The molecule has 468 valence electrons. The van der Waals surface area contributed by atoms with E-state index in [0.717, 1.165) is 96.3 Å². The largest absolute Gasteiger partial charge is 0.462 e. The Morgan fingerprint density at radius 3 is 0.778 bits per heavy atom. The maximum Gasteiger partial charge on any atom is 0.306 e. The molecule has 0 bridgehead atoms. The normalized spacial score (nSPS) is 12.6. The molecule has 0 saturated heterocycles. The van der Waals surface area contributed by atoms with Crippen LogP contribution in [0.1, 0.15) is 355 Å². The molecular formula is C75H132O6. The number of hydrogen-bond donors (Lipinski definition) is 0. The third kappa shape index (κ3) is 67.3. The van der Waals surface area contributed by atoms with Crippen LogP contribution in [-0.4, -0.2) is 37.2 Å². The summed E-state index contributed by atoms with van der Waals surface area (Å²) < 4.78 is 16.9. The van der Waals surface area contributed by atoms with E-state index in [9.17, 15) is 14.4 Å². The van der Waals surface area contributed by atoms with Gasteiger partial charge < -0.3 is 14.2 Å². The fraction of sp³-hybridized carbons (Fsp3) is 0.773. The predicted octanol–water partition coefficient (Wildman–Crippen LogP) is 24.2. The van der Waals surface area contributed by atoms with Crippen molar-refractivity contribution in [1.82, 2.24) is 0 Å². The summed E-state index contributed by atoms with van der Waals surface area (Å²) in [6, 6.07) is 0. The maximum absolute atomic E-state index is 12.9. The third-order valence-corrected chi connectivity index (χ3v) is 15.4. The maximum atomic E-state index is 12.9. The predicted molar refractivity (Wildman–Crippen MR) is 353 cm³/mol. The van der Waals surface area contributed by atoms with Gasteiger partial charge in [-0.15, -0.1) is 0 Å². The zero-order valence-electron chi connectivity index (χ0n) is 53.8. The van der Waals surface area contributed by atoms with Crippen LogP contribution in [0.3, 0.4) is 0 Å². The van der Waals surface area contributed by atoms with Crippen molar-refractivity contribution in [3.63, 3.8) is 0 Å². The molecule has 0 saturated carbocycles. The van der Waals surface area contributed by atoms with Crippen molar-refractivity contribution in [3.8, 4) is 0 Å². The smallest absolute Gasteiger partial charge is 0.306 e. The van der Waals surface area contributed by atoms with Gasteiger partial charge in [-0.2, -0.15) is 0 Å². The molecule has 0 fully saturated rings. The van der Waals surface area contributed by atoms with Crippen LogP contribution in [0.5, 0.6) is 0 Å². The second-order valence-corrected chi connectivity index (χ2v) is 23.4. The monoisotopic (exact) mass is 1130 g/mol. The van der Waals surface area contributed by atoms with Crippen molar-refractivity contribution in [3.05, 3.63) is 85.1 Å². The van der Waals surface area contributed by atoms with Crippen LogP contribution in [0.4, 0.5) is 0 Å². The van der Waals surface area contributed by atoms with Crippen molar-refractivity contribution in [2.75, 3.05) is 13.2 Å². The van der Waals surface area contributed by atoms with Crippen LogP contribution in [0.25, 0.3) is 0 Å². The minimum atomic E-state index is -0.791. The van der Waals surface area contributed by atoms with Crippen LogP contribution in [-0.2, 0) is 28.6 Å². The lowest BCUT2D eigenvalue weighted by molar-refractivity contribution is -0.167. The Labute approximate surface area is 503 Å². The highest BCUT2D eigenvalue weighted by atomic mass is 16.6. The van der Waals surface area contributed by atoms with Gasteiger partial charge in [0.2, 0.25) is 0 Å². The SMILES string of the molecule is CC/C=C\C/C=C\C/C=C\CCCCCC(=O)OCC(COC(=O)CCCCCCCCCCCCCCCC/C=C\C/C=C\C/C=C\CCCCCCC)OC(=O)CCCCCCCCCCC/C=C\CCCCCCCCCC. The number of rotatable bonds is 64. The van der Waals surface area contributed by atoms with Crippen LogP contribution >= 0.6 is 0 Å². The molecule has 0 rings (SSSR count). The topological polar surface area (TPSA) is 78.9 Å². The lowest BCUT2D eigenvalue weighted by Gasteiger charge is -2.18. The highest BCUT2D eigenvalue weighted by molar-refractivity contribution is 5.71. The van der Waals surface area contributed by atoms with Gasteiger partial charge in [-0.1, -0.05) is 305 Å². The van der Waals surface area contributed by atoms with Gasteiger partial charge >= 0.3 is 17.9 Å². The molecule has 6 nitrogen and oxygen atoms in total. The number of carbonyl (C=O) groups excluding carboxylic acids is 3. The number of hydrogen-bond acceptors (Lipinski definition) is 6. The summed E-state index contributed by atoms with van der Waals surface area (Å²) >= 11 is 0. The molecule has 6 heteroatoms. The summed E-state index contributed by atoms with van der Waals surface area (Å²) in [6.45, 7) is 6.53. The lowest BCUT2D eigenvalue weighted by Crippen LogP contribution is -2.30. The molecule has 0 amide bonds. The Bertz CT molecular complexity index is 1530. The van der Waals surface area contributed by atoms with Gasteiger partial charge in [-0.25, -0.2) is 0 Å². The Balaban J connectivity index is 4.26. The van der Waals surface area contributed by atoms with Gasteiger partial charge in [0, 0.05) is 19.3 Å². The molecule has 0 aliphatic rings. The third-order valence-electron chi connectivity index (χ3n) is 15.4. The minimum absolute atomic E-state index is 0.0850. The van der Waals surface area contributed by atoms with E-state index in [-0.39, 0.29) is 31.1 Å². The van der Waals surface area contributed by atoms with E-state index >= 15 is 0 Å². The van der Waals surface area contributed by atoms with Crippen molar-refractivity contribution >= 4 is 17.9 Å². The standard InChI is InChI=1S/C75H132O6/c1-4-7-10-13-16-19-22-25-27-29-31-33-34-35-36-37-38-39-40-42-43-45-47-50-53-56-59-62-65-68-74(77)80-71-72(70-79-73(76)67-64-61-58-55-52-49-24-21-18-15-12-9-6-3)81-75(78)69-66-63-60-57-54-51-48-46-44-41-32-30-28-26-23-20-17-14-11-8-5-2/h9,12,18,21-22,25,29-32,34-35,49,52,72H,4-8,10-11,13-17,19-20,23-24,26-28,33,36-48,50-51,53-71H2,1-3H3/b12-9-,21-18-,25-22-,31-29-,32-30-,35-34-,52-49-. The zero-order chi connectivity index (χ0) is 58.5. The van der Waals surface area contributed by atoms with Crippen molar-refractivity contribution in [1.29, 1.82) is 0 Å². The van der Waals surface area contributed by atoms with E-state index in [1.165, 1.54) is 218 Å². The highest BCUT2D eigenvalue weighted by Gasteiger charge is 2.19. The van der Waals surface area contributed by atoms with Crippen LogP contribution in [0.2, 0.25) is 0 Å². The first kappa shape index (κ1) is 77.6. The fourth-order valence-corrected chi connectivity index (χ4v) is 10.1. The Kier molecular flexibility index (Phi) is 66.2. The average molecular weight is 1130 g/mol. The molecule has 1 unspecified atom stereocenters. The summed E-state index contributed by atoms with van der Waals surface area (Å²) in [5.74, 6) is -0.902. The molecule has 0 heterocycles. The molecular weight excluding hydrogens is 997 g/mol. The summed E-state index contributed by atoms with van der Waals surface area (Å²) in [5, 5.41) is 0. The second kappa shape index (κ2) is 69.1. The average Bonchev–Trinajstić information content (AvgIpc) is 3.46. The molecule has 0 spiro atoms. The quantitative estimate of drug-likeness (QED) is 0.0261. The van der Waals surface area contributed by atoms with Gasteiger partial charge in [0.1, 0.15) is 13.2 Å². The van der Waals surface area contributed by atoms with Crippen molar-refractivity contribution in [2.45, 2.75) is 361 Å². The number of ether oxygens (including phenoxy) is 3. The first-order valence-electron chi connectivity index (χ1n) is 35.1. The molecule has 0 radical (unpaired) electrons. The summed E-state index contributed by atoms with van der Waals surface area (Å²) in [7, 11) is 0. The van der Waals surface area contributed by atoms with E-state index in [0.29, 0.717) is 19.3 Å². The molecule has 0 aromatic heterocycles. The van der Waals surface area contributed by atoms with E-state index in [1.807, 2.05) is 0 Å². The first-order valence-corrected chi connectivity index (χ1v) is 35.1. The highest BCUT2D eigenvalue weighted by Crippen LogP contribution is 2.17. The lowest BCUT2D eigenvalue weighted by atomic mass is 10.0. The van der Waals surface area contributed by atoms with Gasteiger partial charge in [0.25, 0.3) is 0 Å². The van der Waals surface area contributed by atoms with Crippen molar-refractivity contribution in [2.24, 2.45) is 0 Å². The molecule has 1 atom stereocenters. The van der Waals surface area contributed by atoms with E-state index < -0.39 is 6.10 Å². The van der Waals surface area contributed by atoms with Crippen LogP contribution in [0, 0.1) is 0 Å². The molecule has 0 N–H and O–H groups in total. The fourth-order valence-electron chi connectivity index (χ4n) is 10.1. The Hall–Kier alpha value is -3.41. The molecule has 0 aromatic rings. The van der Waals surface area contributed by atoms with Crippen LogP contribution in [0.15, 0.2) is 85.1 Å². The number of esters is 3. The summed E-state index contributed by atoms with van der Waals surface area (Å²) in [4.78, 5) is 38.4. The second-order valence-electron chi connectivity index (χ2n) is 23.4. The molecule has 0 aliphatic carbocycles. The first-order chi connectivity index (χ1) is 40.0. The summed E-state index contributed by atoms with van der Waals surface area (Å²) in [6.07, 6.45) is 91.9. The zero-order valence-corrected chi connectivity index (χ0v) is 53.8. The van der Waals surface area contributed by atoms with E-state index in [1.54, 1.807) is 0 Å². The van der Waals surface area contributed by atoms with Crippen LogP contribution < -0.4 is 0 Å².